The van der Waals surface area contributed by atoms with E-state index in [2.05, 4.69) is 61.9 Å². The molecule has 1 aromatic heterocycles. The van der Waals surface area contributed by atoms with Gasteiger partial charge in [0, 0.05) is 10.9 Å². The third kappa shape index (κ3) is 4.19. The van der Waals surface area contributed by atoms with Gasteiger partial charge in [-0.15, -0.1) is 11.3 Å². The smallest absolute Gasteiger partial charge is 0.0731 e. The van der Waals surface area contributed by atoms with Crippen molar-refractivity contribution in [3.63, 3.8) is 0 Å². The molecule has 0 aromatic carbocycles. The van der Waals surface area contributed by atoms with Crippen molar-refractivity contribution in [3.05, 3.63) is 20.3 Å². The molecule has 0 aliphatic rings. The minimum Gasteiger partial charge on any atom is -0.310 e. The van der Waals surface area contributed by atoms with E-state index < -0.39 is 0 Å². The lowest BCUT2D eigenvalue weighted by Gasteiger charge is -2.25. The van der Waals surface area contributed by atoms with Crippen LogP contribution in [0.3, 0.4) is 0 Å². The molecule has 1 heterocycles. The quantitative estimate of drug-likeness (QED) is 0.833. The minimum atomic E-state index is 0.358. The molecule has 0 spiro atoms. The summed E-state index contributed by atoms with van der Waals surface area (Å²) in [6, 6.07) is 2.79. The molecule has 0 saturated heterocycles. The summed E-state index contributed by atoms with van der Waals surface area (Å²) >= 11 is 5.46. The minimum absolute atomic E-state index is 0.358. The van der Waals surface area contributed by atoms with E-state index in [1.54, 1.807) is 0 Å². The Bertz CT molecular complexity index is 319. The van der Waals surface area contributed by atoms with Gasteiger partial charge in [-0.1, -0.05) is 27.7 Å². The highest BCUT2D eigenvalue weighted by molar-refractivity contribution is 9.11. The molecule has 1 aromatic rings. The maximum Gasteiger partial charge on any atom is 0.0731 e. The van der Waals surface area contributed by atoms with E-state index in [1.807, 2.05) is 11.3 Å². The lowest BCUT2D eigenvalue weighted by atomic mass is 9.87. The summed E-state index contributed by atoms with van der Waals surface area (Å²) in [4.78, 5) is 1.45. The molecule has 0 amide bonds. The van der Waals surface area contributed by atoms with Crippen LogP contribution in [-0.2, 0) is 0 Å². The molecule has 1 N–H and O–H groups in total. The molecule has 0 bridgehead atoms. The fourth-order valence-corrected chi connectivity index (χ4v) is 3.43. The molecule has 1 nitrogen and oxygen atoms in total. The normalized spacial score (nSPS) is 14.1. The van der Waals surface area contributed by atoms with E-state index in [1.165, 1.54) is 20.6 Å². The third-order valence-electron chi connectivity index (χ3n) is 2.49. The Morgan fingerprint density at radius 3 is 2.44 bits per heavy atom. The van der Waals surface area contributed by atoms with E-state index in [0.29, 0.717) is 11.5 Å². The van der Waals surface area contributed by atoms with Gasteiger partial charge < -0.3 is 5.32 Å². The lowest BCUT2D eigenvalue weighted by molar-refractivity contribution is 0.316. The number of hydrogen-bond donors (Lipinski definition) is 1. The zero-order valence-corrected chi connectivity index (χ0v) is 13.3. The zero-order chi connectivity index (χ0) is 12.3. The van der Waals surface area contributed by atoms with Crippen LogP contribution in [0.4, 0.5) is 0 Å². The topological polar surface area (TPSA) is 12.0 Å². The average Bonchev–Trinajstić information content (AvgIpc) is 2.44. The molecule has 0 aliphatic carbocycles. The highest BCUT2D eigenvalue weighted by atomic mass is 79.9. The predicted octanol–water partition coefficient (Wildman–Crippen LogP) is 4.91. The van der Waals surface area contributed by atoms with Crippen molar-refractivity contribution in [2.75, 3.05) is 6.54 Å². The SMILES string of the molecule is CCNC(CC(C)(C)C)c1cc(C)c(Br)s1. The second-order valence-electron chi connectivity index (χ2n) is 5.48. The maximum atomic E-state index is 3.61. The van der Waals surface area contributed by atoms with Crippen molar-refractivity contribution < 1.29 is 0 Å². The predicted molar refractivity (Wildman–Crippen MR) is 77.2 cm³/mol. The van der Waals surface area contributed by atoms with E-state index in [-0.39, 0.29) is 0 Å². The average molecular weight is 304 g/mol. The zero-order valence-electron chi connectivity index (χ0n) is 10.9. The van der Waals surface area contributed by atoms with Gasteiger partial charge in [-0.25, -0.2) is 0 Å². The van der Waals surface area contributed by atoms with Crippen LogP contribution in [0.25, 0.3) is 0 Å². The first-order valence-electron chi connectivity index (χ1n) is 5.82. The van der Waals surface area contributed by atoms with Crippen LogP contribution in [0.2, 0.25) is 0 Å². The first kappa shape index (κ1) is 14.2. The molecular formula is C13H22BrNS. The van der Waals surface area contributed by atoms with Gasteiger partial charge in [0.05, 0.1) is 3.79 Å². The summed E-state index contributed by atoms with van der Waals surface area (Å²) in [5.74, 6) is 0. The first-order valence-corrected chi connectivity index (χ1v) is 7.43. The van der Waals surface area contributed by atoms with Crippen molar-refractivity contribution >= 4 is 27.3 Å². The molecule has 0 saturated carbocycles. The lowest BCUT2D eigenvalue weighted by Crippen LogP contribution is -2.24. The summed E-state index contributed by atoms with van der Waals surface area (Å²) in [5.41, 5.74) is 1.70. The van der Waals surface area contributed by atoms with Crippen molar-refractivity contribution in [1.82, 2.24) is 5.32 Å². The summed E-state index contributed by atoms with van der Waals surface area (Å²) in [7, 11) is 0. The van der Waals surface area contributed by atoms with E-state index in [4.69, 9.17) is 0 Å². The molecule has 1 rings (SSSR count). The Hall–Kier alpha value is 0.140. The van der Waals surface area contributed by atoms with Crippen LogP contribution in [0, 0.1) is 12.3 Å². The molecule has 1 unspecified atom stereocenters. The summed E-state index contributed by atoms with van der Waals surface area (Å²) in [5, 5.41) is 3.59. The van der Waals surface area contributed by atoms with Gasteiger partial charge in [-0.2, -0.15) is 0 Å². The second kappa shape index (κ2) is 5.65. The standard InChI is InChI=1S/C13H22BrNS/c1-6-15-10(8-13(3,4)5)11-7-9(2)12(14)16-11/h7,10,15H,6,8H2,1-5H3. The highest BCUT2D eigenvalue weighted by Crippen LogP contribution is 2.36. The fourth-order valence-electron chi connectivity index (χ4n) is 1.79. The molecule has 1 atom stereocenters. The molecule has 16 heavy (non-hydrogen) atoms. The molecule has 0 radical (unpaired) electrons. The van der Waals surface area contributed by atoms with Crippen molar-refractivity contribution in [2.24, 2.45) is 5.41 Å². The molecule has 3 heteroatoms. The van der Waals surface area contributed by atoms with Crippen molar-refractivity contribution in [1.29, 1.82) is 0 Å². The number of hydrogen-bond acceptors (Lipinski definition) is 2. The van der Waals surface area contributed by atoms with Crippen molar-refractivity contribution in [2.45, 2.75) is 47.1 Å². The Morgan fingerprint density at radius 1 is 1.44 bits per heavy atom. The number of thiophene rings is 1. The van der Waals surface area contributed by atoms with Gasteiger partial charge in [0.1, 0.15) is 0 Å². The van der Waals surface area contributed by atoms with Gasteiger partial charge in [-0.05, 0) is 52.9 Å². The van der Waals surface area contributed by atoms with Crippen LogP contribution in [0.5, 0.6) is 0 Å². The largest absolute Gasteiger partial charge is 0.310 e. The Kier molecular flexibility index (Phi) is 5.02. The Balaban J connectivity index is 2.85. The fraction of sp³-hybridized carbons (Fsp3) is 0.692. The second-order valence-corrected chi connectivity index (χ2v) is 7.88. The Morgan fingerprint density at radius 2 is 2.06 bits per heavy atom. The molecular weight excluding hydrogens is 282 g/mol. The van der Waals surface area contributed by atoms with Crippen molar-refractivity contribution in [3.8, 4) is 0 Å². The third-order valence-corrected chi connectivity index (χ3v) is 4.74. The van der Waals surface area contributed by atoms with Gasteiger partial charge in [0.2, 0.25) is 0 Å². The number of nitrogens with one attached hydrogen (secondary N) is 1. The van der Waals surface area contributed by atoms with E-state index in [9.17, 15) is 0 Å². The van der Waals surface area contributed by atoms with E-state index in [0.717, 1.165) is 6.54 Å². The Labute approximate surface area is 112 Å². The number of aryl methyl sites for hydroxylation is 1. The van der Waals surface area contributed by atoms with Crippen LogP contribution in [0.15, 0.2) is 9.85 Å². The highest BCUT2D eigenvalue weighted by Gasteiger charge is 2.21. The van der Waals surface area contributed by atoms with E-state index >= 15 is 0 Å². The summed E-state index contributed by atoms with van der Waals surface area (Å²) in [6.07, 6.45) is 1.17. The van der Waals surface area contributed by atoms with Gasteiger partial charge >= 0.3 is 0 Å². The maximum absolute atomic E-state index is 3.61. The number of rotatable bonds is 4. The molecule has 92 valence electrons. The summed E-state index contributed by atoms with van der Waals surface area (Å²) < 4.78 is 1.26. The van der Waals surface area contributed by atoms with Gasteiger partial charge in [0.25, 0.3) is 0 Å². The summed E-state index contributed by atoms with van der Waals surface area (Å²) in [6.45, 7) is 12.2. The van der Waals surface area contributed by atoms with Crippen LogP contribution in [0.1, 0.15) is 50.6 Å². The number of halogens is 1. The van der Waals surface area contributed by atoms with Gasteiger partial charge in [0.15, 0.2) is 0 Å². The van der Waals surface area contributed by atoms with Crippen LogP contribution >= 0.6 is 27.3 Å². The first-order chi connectivity index (χ1) is 7.33. The van der Waals surface area contributed by atoms with Crippen LogP contribution in [-0.4, -0.2) is 6.54 Å². The monoisotopic (exact) mass is 303 g/mol. The molecule has 0 aliphatic heterocycles. The molecule has 0 fully saturated rings. The van der Waals surface area contributed by atoms with Crippen LogP contribution < -0.4 is 5.32 Å². The van der Waals surface area contributed by atoms with Gasteiger partial charge in [-0.3, -0.25) is 0 Å².